The van der Waals surface area contributed by atoms with Crippen LogP contribution in [0, 0.1) is 0 Å². The SMILES string of the molecule is ClCC1(NCc2ccccn2)CCCC1. The van der Waals surface area contributed by atoms with Crippen molar-refractivity contribution < 1.29 is 0 Å². The molecule has 0 amide bonds. The molecule has 3 heteroatoms. The van der Waals surface area contributed by atoms with Gasteiger partial charge in [0, 0.05) is 24.2 Å². The van der Waals surface area contributed by atoms with Gasteiger partial charge in [-0.3, -0.25) is 4.98 Å². The summed E-state index contributed by atoms with van der Waals surface area (Å²) in [5, 5.41) is 3.57. The predicted molar refractivity (Wildman–Crippen MR) is 63.0 cm³/mol. The summed E-state index contributed by atoms with van der Waals surface area (Å²) < 4.78 is 0. The Balaban J connectivity index is 1.92. The number of halogens is 1. The molecule has 0 saturated heterocycles. The zero-order valence-electron chi connectivity index (χ0n) is 8.88. The maximum absolute atomic E-state index is 6.05. The lowest BCUT2D eigenvalue weighted by atomic mass is 10.0. The molecule has 1 N–H and O–H groups in total. The number of hydrogen-bond donors (Lipinski definition) is 1. The molecule has 1 fully saturated rings. The molecule has 1 heterocycles. The topological polar surface area (TPSA) is 24.9 Å². The fraction of sp³-hybridized carbons (Fsp3) is 0.583. The van der Waals surface area contributed by atoms with E-state index in [1.165, 1.54) is 25.7 Å². The first kappa shape index (κ1) is 10.9. The van der Waals surface area contributed by atoms with Gasteiger partial charge in [0.05, 0.1) is 5.69 Å². The molecular weight excluding hydrogens is 208 g/mol. The van der Waals surface area contributed by atoms with Gasteiger partial charge in [-0.25, -0.2) is 0 Å². The van der Waals surface area contributed by atoms with Gasteiger partial charge in [-0.05, 0) is 25.0 Å². The molecule has 0 aliphatic heterocycles. The normalized spacial score (nSPS) is 19.3. The lowest BCUT2D eigenvalue weighted by Gasteiger charge is -2.27. The Morgan fingerprint density at radius 2 is 2.13 bits per heavy atom. The second-order valence-electron chi connectivity index (χ2n) is 4.30. The monoisotopic (exact) mass is 224 g/mol. The molecule has 0 bridgehead atoms. The van der Waals surface area contributed by atoms with E-state index in [9.17, 15) is 0 Å². The summed E-state index contributed by atoms with van der Waals surface area (Å²) in [6.07, 6.45) is 6.82. The highest BCUT2D eigenvalue weighted by atomic mass is 35.5. The van der Waals surface area contributed by atoms with Crippen molar-refractivity contribution in [1.82, 2.24) is 10.3 Å². The van der Waals surface area contributed by atoms with E-state index in [0.29, 0.717) is 5.88 Å². The number of alkyl halides is 1. The Hall–Kier alpha value is -0.600. The molecular formula is C12H17ClN2. The first-order valence-corrected chi connectivity index (χ1v) is 6.09. The first-order chi connectivity index (χ1) is 7.35. The molecule has 1 saturated carbocycles. The van der Waals surface area contributed by atoms with Crippen LogP contribution in [0.15, 0.2) is 24.4 Å². The molecule has 1 aliphatic rings. The number of nitrogens with one attached hydrogen (secondary N) is 1. The van der Waals surface area contributed by atoms with Crippen LogP contribution < -0.4 is 5.32 Å². The van der Waals surface area contributed by atoms with Gasteiger partial charge in [-0.1, -0.05) is 18.9 Å². The average Bonchev–Trinajstić information content (AvgIpc) is 2.77. The van der Waals surface area contributed by atoms with Crippen LogP contribution in [0.2, 0.25) is 0 Å². The van der Waals surface area contributed by atoms with E-state index in [0.717, 1.165) is 12.2 Å². The quantitative estimate of drug-likeness (QED) is 0.796. The molecule has 1 aromatic rings. The largest absolute Gasteiger partial charge is 0.304 e. The Kier molecular flexibility index (Phi) is 3.60. The number of nitrogens with zero attached hydrogens (tertiary/aromatic N) is 1. The summed E-state index contributed by atoms with van der Waals surface area (Å²) in [6.45, 7) is 0.827. The molecule has 82 valence electrons. The van der Waals surface area contributed by atoms with E-state index in [4.69, 9.17) is 11.6 Å². The van der Waals surface area contributed by atoms with Crippen molar-refractivity contribution in [2.24, 2.45) is 0 Å². The summed E-state index contributed by atoms with van der Waals surface area (Å²) in [5.41, 5.74) is 1.26. The van der Waals surface area contributed by atoms with E-state index >= 15 is 0 Å². The van der Waals surface area contributed by atoms with Gasteiger partial charge in [0.1, 0.15) is 0 Å². The third-order valence-electron chi connectivity index (χ3n) is 3.19. The lowest BCUT2D eigenvalue weighted by molar-refractivity contribution is 0.366. The Morgan fingerprint density at radius 1 is 1.33 bits per heavy atom. The van der Waals surface area contributed by atoms with Crippen LogP contribution in [0.3, 0.4) is 0 Å². The molecule has 0 aromatic carbocycles. The summed E-state index contributed by atoms with van der Waals surface area (Å²) in [5.74, 6) is 0.708. The van der Waals surface area contributed by atoms with E-state index in [1.54, 1.807) is 0 Å². The van der Waals surface area contributed by atoms with Crippen molar-refractivity contribution >= 4 is 11.6 Å². The number of pyridine rings is 1. The van der Waals surface area contributed by atoms with Crippen LogP contribution in [-0.4, -0.2) is 16.4 Å². The zero-order chi connectivity index (χ0) is 10.6. The minimum atomic E-state index is 0.166. The van der Waals surface area contributed by atoms with Gasteiger partial charge in [0.15, 0.2) is 0 Å². The van der Waals surface area contributed by atoms with Gasteiger partial charge in [0.2, 0.25) is 0 Å². The summed E-state index contributed by atoms with van der Waals surface area (Å²) in [4.78, 5) is 4.30. The van der Waals surface area contributed by atoms with Crippen LogP contribution in [0.5, 0.6) is 0 Å². The van der Waals surface area contributed by atoms with Crippen molar-refractivity contribution in [1.29, 1.82) is 0 Å². The lowest BCUT2D eigenvalue weighted by Crippen LogP contribution is -2.44. The maximum Gasteiger partial charge on any atom is 0.0541 e. The third kappa shape index (κ3) is 2.70. The van der Waals surface area contributed by atoms with Crippen LogP contribution in [0.4, 0.5) is 0 Å². The van der Waals surface area contributed by atoms with Gasteiger partial charge in [0.25, 0.3) is 0 Å². The minimum absolute atomic E-state index is 0.166. The summed E-state index contributed by atoms with van der Waals surface area (Å²) in [6, 6.07) is 6.01. The maximum atomic E-state index is 6.05. The van der Waals surface area contributed by atoms with Gasteiger partial charge < -0.3 is 5.32 Å². The highest BCUT2D eigenvalue weighted by molar-refractivity contribution is 6.18. The van der Waals surface area contributed by atoms with Crippen LogP contribution >= 0.6 is 11.6 Å². The van der Waals surface area contributed by atoms with Gasteiger partial charge in [-0.15, -0.1) is 11.6 Å². The molecule has 0 radical (unpaired) electrons. The van der Waals surface area contributed by atoms with E-state index in [2.05, 4.69) is 10.3 Å². The summed E-state index contributed by atoms with van der Waals surface area (Å²) >= 11 is 6.05. The van der Waals surface area contributed by atoms with E-state index < -0.39 is 0 Å². The second-order valence-corrected chi connectivity index (χ2v) is 4.56. The van der Waals surface area contributed by atoms with Crippen molar-refractivity contribution in [3.05, 3.63) is 30.1 Å². The molecule has 2 rings (SSSR count). The predicted octanol–water partition coefficient (Wildman–Crippen LogP) is 2.72. The average molecular weight is 225 g/mol. The van der Waals surface area contributed by atoms with Crippen molar-refractivity contribution in [3.8, 4) is 0 Å². The number of aromatic nitrogens is 1. The second kappa shape index (κ2) is 4.95. The fourth-order valence-corrected chi connectivity index (χ4v) is 2.55. The van der Waals surface area contributed by atoms with Gasteiger partial charge in [-0.2, -0.15) is 0 Å². The van der Waals surface area contributed by atoms with Gasteiger partial charge >= 0.3 is 0 Å². The highest BCUT2D eigenvalue weighted by Gasteiger charge is 2.32. The molecule has 1 aliphatic carbocycles. The minimum Gasteiger partial charge on any atom is -0.304 e. The zero-order valence-corrected chi connectivity index (χ0v) is 9.63. The third-order valence-corrected chi connectivity index (χ3v) is 3.70. The first-order valence-electron chi connectivity index (χ1n) is 5.56. The molecule has 0 unspecified atom stereocenters. The van der Waals surface area contributed by atoms with E-state index in [-0.39, 0.29) is 5.54 Å². The Morgan fingerprint density at radius 3 is 2.73 bits per heavy atom. The molecule has 1 aromatic heterocycles. The van der Waals surface area contributed by atoms with Crippen LogP contribution in [-0.2, 0) is 6.54 Å². The van der Waals surface area contributed by atoms with Crippen LogP contribution in [0.1, 0.15) is 31.4 Å². The Bertz CT molecular complexity index is 294. The summed E-state index contributed by atoms with van der Waals surface area (Å²) in [7, 11) is 0. The van der Waals surface area contributed by atoms with Crippen molar-refractivity contribution in [2.75, 3.05) is 5.88 Å². The van der Waals surface area contributed by atoms with E-state index in [1.807, 2.05) is 24.4 Å². The molecule has 15 heavy (non-hydrogen) atoms. The smallest absolute Gasteiger partial charge is 0.0541 e. The number of rotatable bonds is 4. The molecule has 0 atom stereocenters. The van der Waals surface area contributed by atoms with Crippen LogP contribution in [0.25, 0.3) is 0 Å². The number of hydrogen-bond acceptors (Lipinski definition) is 2. The highest BCUT2D eigenvalue weighted by Crippen LogP contribution is 2.30. The standard InChI is InChI=1S/C12H17ClN2/c13-10-12(6-2-3-7-12)15-9-11-5-1-4-8-14-11/h1,4-5,8,15H,2-3,6-7,9-10H2. The van der Waals surface area contributed by atoms with Crippen molar-refractivity contribution in [2.45, 2.75) is 37.8 Å². The molecule has 2 nitrogen and oxygen atoms in total. The Labute approximate surface area is 96.1 Å². The fourth-order valence-electron chi connectivity index (χ4n) is 2.19. The molecule has 0 spiro atoms. The van der Waals surface area contributed by atoms with Crippen molar-refractivity contribution in [3.63, 3.8) is 0 Å².